The Morgan fingerprint density at radius 2 is 1.91 bits per heavy atom. The third kappa shape index (κ3) is 4.39. The fraction of sp³-hybridized carbons (Fsp3) is 0.400. The van der Waals surface area contributed by atoms with Gasteiger partial charge in [-0.3, -0.25) is 14.5 Å². The standard InChI is InChI=1S/C25H28N2O4S/c1-16-12-20(17(2)27(16)21-11-7-10-19(13-21)24(29)31-3)14-22-23(28)26(25(30)32-22)15-18-8-5-4-6-9-18/h7,10-14,18H,4-6,8-9,15H2,1-3H3/b22-14+. The van der Waals surface area contributed by atoms with Crippen molar-refractivity contribution in [1.29, 1.82) is 0 Å². The van der Waals surface area contributed by atoms with Crippen molar-refractivity contribution >= 4 is 35.0 Å². The van der Waals surface area contributed by atoms with E-state index in [0.717, 1.165) is 47.2 Å². The van der Waals surface area contributed by atoms with Gasteiger partial charge in [0.2, 0.25) is 0 Å². The Hall–Kier alpha value is -2.80. The monoisotopic (exact) mass is 452 g/mol. The van der Waals surface area contributed by atoms with Gasteiger partial charge >= 0.3 is 5.97 Å². The topological polar surface area (TPSA) is 68.6 Å². The van der Waals surface area contributed by atoms with Crippen LogP contribution >= 0.6 is 11.8 Å². The minimum atomic E-state index is -0.388. The summed E-state index contributed by atoms with van der Waals surface area (Å²) in [6, 6.07) is 9.24. The Bertz CT molecular complexity index is 1100. The van der Waals surface area contributed by atoms with Gasteiger partial charge in [-0.05, 0) is 80.3 Å². The minimum Gasteiger partial charge on any atom is -0.465 e. The number of hydrogen-bond acceptors (Lipinski definition) is 5. The van der Waals surface area contributed by atoms with Gasteiger partial charge in [0, 0.05) is 23.6 Å². The number of thioether (sulfide) groups is 1. The molecule has 168 valence electrons. The number of ether oxygens (including phenoxy) is 1. The summed E-state index contributed by atoms with van der Waals surface area (Å²) >= 11 is 1.02. The van der Waals surface area contributed by atoms with Gasteiger partial charge in [-0.2, -0.15) is 0 Å². The summed E-state index contributed by atoms with van der Waals surface area (Å²) in [5.74, 6) is -0.159. The third-order valence-corrected chi connectivity index (χ3v) is 7.23. The van der Waals surface area contributed by atoms with E-state index in [4.69, 9.17) is 4.74 Å². The molecule has 32 heavy (non-hydrogen) atoms. The number of aryl methyl sites for hydroxylation is 1. The molecule has 0 spiro atoms. The van der Waals surface area contributed by atoms with Gasteiger partial charge in [0.25, 0.3) is 11.1 Å². The summed E-state index contributed by atoms with van der Waals surface area (Å²) in [4.78, 5) is 39.3. The van der Waals surface area contributed by atoms with E-state index in [1.165, 1.54) is 31.3 Å². The van der Waals surface area contributed by atoms with Crippen LogP contribution in [0.3, 0.4) is 0 Å². The highest BCUT2D eigenvalue weighted by Gasteiger charge is 2.36. The molecule has 1 aliphatic heterocycles. The van der Waals surface area contributed by atoms with Crippen LogP contribution in [0.2, 0.25) is 0 Å². The number of hydrogen-bond donors (Lipinski definition) is 0. The maximum atomic E-state index is 13.0. The normalized spacial score (nSPS) is 18.6. The Kier molecular flexibility index (Phi) is 6.55. The van der Waals surface area contributed by atoms with E-state index in [1.54, 1.807) is 12.1 Å². The summed E-state index contributed by atoms with van der Waals surface area (Å²) in [5.41, 5.74) is 4.10. The number of carbonyl (C=O) groups excluding carboxylic acids is 3. The average Bonchev–Trinajstić information content (AvgIpc) is 3.23. The number of carbonyl (C=O) groups is 3. The van der Waals surface area contributed by atoms with Gasteiger partial charge < -0.3 is 9.30 Å². The molecule has 0 atom stereocenters. The second-order valence-corrected chi connectivity index (χ2v) is 9.49. The van der Waals surface area contributed by atoms with Crippen LogP contribution in [0.25, 0.3) is 11.8 Å². The molecule has 6 nitrogen and oxygen atoms in total. The first-order chi connectivity index (χ1) is 15.4. The van der Waals surface area contributed by atoms with E-state index in [-0.39, 0.29) is 17.1 Å². The number of nitrogens with zero attached hydrogens (tertiary/aromatic N) is 2. The van der Waals surface area contributed by atoms with Crippen molar-refractivity contribution in [3.05, 3.63) is 57.8 Å². The second-order valence-electron chi connectivity index (χ2n) is 8.50. The molecule has 7 heteroatoms. The maximum absolute atomic E-state index is 13.0. The molecule has 2 aliphatic rings. The molecular weight excluding hydrogens is 424 g/mol. The first kappa shape index (κ1) is 22.4. The third-order valence-electron chi connectivity index (χ3n) is 6.32. The first-order valence-corrected chi connectivity index (χ1v) is 11.8. The highest BCUT2D eigenvalue weighted by molar-refractivity contribution is 8.18. The lowest BCUT2D eigenvalue weighted by atomic mass is 9.89. The molecule has 1 aromatic carbocycles. The Labute approximate surface area is 192 Å². The summed E-state index contributed by atoms with van der Waals surface area (Å²) in [5, 5.41) is -0.175. The predicted molar refractivity (Wildman–Crippen MR) is 126 cm³/mol. The smallest absolute Gasteiger partial charge is 0.337 e. The fourth-order valence-corrected chi connectivity index (χ4v) is 5.49. The number of rotatable bonds is 5. The van der Waals surface area contributed by atoms with Crippen molar-refractivity contribution in [2.45, 2.75) is 46.0 Å². The molecular formula is C25H28N2O4S. The number of benzene rings is 1. The predicted octanol–water partition coefficient (Wildman–Crippen LogP) is 5.50. The molecule has 1 saturated carbocycles. The molecule has 0 bridgehead atoms. The van der Waals surface area contributed by atoms with Crippen LogP contribution in [0, 0.1) is 19.8 Å². The van der Waals surface area contributed by atoms with Gasteiger partial charge in [0.1, 0.15) is 0 Å². The summed E-state index contributed by atoms with van der Waals surface area (Å²) < 4.78 is 6.87. The van der Waals surface area contributed by atoms with Gasteiger partial charge in [-0.25, -0.2) is 4.79 Å². The average molecular weight is 453 g/mol. The van der Waals surface area contributed by atoms with Crippen molar-refractivity contribution in [1.82, 2.24) is 9.47 Å². The van der Waals surface area contributed by atoms with E-state index < -0.39 is 0 Å². The lowest BCUT2D eigenvalue weighted by Gasteiger charge is -2.25. The van der Waals surface area contributed by atoms with Crippen molar-refractivity contribution in [2.75, 3.05) is 13.7 Å². The number of aromatic nitrogens is 1. The Balaban J connectivity index is 1.60. The van der Waals surface area contributed by atoms with Crippen LogP contribution in [0.15, 0.2) is 35.2 Å². The highest BCUT2D eigenvalue weighted by atomic mass is 32.2. The minimum absolute atomic E-state index is 0.175. The van der Waals surface area contributed by atoms with Crippen molar-refractivity contribution in [3.8, 4) is 5.69 Å². The SMILES string of the molecule is COC(=O)c1cccc(-n2c(C)cc(/C=C3/SC(=O)N(CC4CCCCC4)C3=O)c2C)c1. The zero-order valence-electron chi connectivity index (χ0n) is 18.7. The molecule has 4 rings (SSSR count). The van der Waals surface area contributed by atoms with E-state index in [1.807, 2.05) is 42.7 Å². The van der Waals surface area contributed by atoms with Crippen LogP contribution < -0.4 is 0 Å². The van der Waals surface area contributed by atoms with Crippen molar-refractivity contribution in [2.24, 2.45) is 5.92 Å². The Morgan fingerprint density at radius 1 is 1.16 bits per heavy atom. The molecule has 0 radical (unpaired) electrons. The maximum Gasteiger partial charge on any atom is 0.337 e. The molecule has 1 aromatic heterocycles. The summed E-state index contributed by atoms with van der Waals surface area (Å²) in [6.45, 7) is 4.47. The van der Waals surface area contributed by atoms with E-state index in [0.29, 0.717) is 22.9 Å². The molecule has 2 fully saturated rings. The molecule has 1 aliphatic carbocycles. The lowest BCUT2D eigenvalue weighted by molar-refractivity contribution is -0.123. The van der Waals surface area contributed by atoms with Crippen LogP contribution in [0.5, 0.6) is 0 Å². The molecule has 2 aromatic rings. The number of esters is 1. The Morgan fingerprint density at radius 3 is 2.62 bits per heavy atom. The molecule has 2 amide bonds. The number of amides is 2. The van der Waals surface area contributed by atoms with Gasteiger partial charge in [-0.15, -0.1) is 0 Å². The second kappa shape index (κ2) is 9.36. The zero-order chi connectivity index (χ0) is 22.8. The van der Waals surface area contributed by atoms with Gasteiger partial charge in [0.05, 0.1) is 17.6 Å². The van der Waals surface area contributed by atoms with Crippen molar-refractivity contribution in [3.63, 3.8) is 0 Å². The summed E-state index contributed by atoms with van der Waals surface area (Å²) in [6.07, 6.45) is 7.60. The largest absolute Gasteiger partial charge is 0.465 e. The number of methoxy groups -OCH3 is 1. The fourth-order valence-electron chi connectivity index (χ4n) is 4.65. The van der Waals surface area contributed by atoms with Gasteiger partial charge in [0.15, 0.2) is 0 Å². The van der Waals surface area contributed by atoms with Crippen LogP contribution in [-0.2, 0) is 9.53 Å². The van der Waals surface area contributed by atoms with Crippen LogP contribution in [-0.4, -0.2) is 40.2 Å². The lowest BCUT2D eigenvalue weighted by Crippen LogP contribution is -2.34. The molecule has 0 N–H and O–H groups in total. The molecule has 1 saturated heterocycles. The first-order valence-electron chi connectivity index (χ1n) is 11.0. The molecule has 0 unspecified atom stereocenters. The van der Waals surface area contributed by atoms with Crippen LogP contribution in [0.4, 0.5) is 4.79 Å². The summed E-state index contributed by atoms with van der Waals surface area (Å²) in [7, 11) is 1.36. The van der Waals surface area contributed by atoms with E-state index in [9.17, 15) is 14.4 Å². The molecule has 2 heterocycles. The number of imide groups is 1. The highest BCUT2D eigenvalue weighted by Crippen LogP contribution is 2.36. The van der Waals surface area contributed by atoms with Gasteiger partial charge in [-0.1, -0.05) is 25.3 Å². The van der Waals surface area contributed by atoms with E-state index >= 15 is 0 Å². The van der Waals surface area contributed by atoms with Crippen molar-refractivity contribution < 1.29 is 19.1 Å². The zero-order valence-corrected chi connectivity index (χ0v) is 19.5. The quantitative estimate of drug-likeness (QED) is 0.443. The van der Waals surface area contributed by atoms with E-state index in [2.05, 4.69) is 0 Å². The van der Waals surface area contributed by atoms with Crippen LogP contribution in [0.1, 0.15) is 59.4 Å².